The minimum atomic E-state index is -0.910. The Morgan fingerprint density at radius 3 is 2.89 bits per heavy atom. The first-order valence-corrected chi connectivity index (χ1v) is 6.43. The van der Waals surface area contributed by atoms with Crippen LogP contribution >= 0.6 is 0 Å². The highest BCUT2D eigenvalue weighted by molar-refractivity contribution is 6.00. The summed E-state index contributed by atoms with van der Waals surface area (Å²) in [6.07, 6.45) is 6.96. The third-order valence-electron chi connectivity index (χ3n) is 3.81. The highest BCUT2D eigenvalue weighted by Crippen LogP contribution is 2.27. The summed E-state index contributed by atoms with van der Waals surface area (Å²) in [4.78, 5) is 15.4. The predicted octanol–water partition coefficient (Wildman–Crippen LogP) is 2.92. The fourth-order valence-electron chi connectivity index (χ4n) is 2.88. The first-order valence-electron chi connectivity index (χ1n) is 6.43. The van der Waals surface area contributed by atoms with Crippen LogP contribution in [0.4, 0.5) is 0 Å². The van der Waals surface area contributed by atoms with Crippen LogP contribution < -0.4 is 0 Å². The molecule has 1 aliphatic carbocycles. The number of carbonyl (C=O) groups is 1. The number of nitrogens with zero attached hydrogens (tertiary/aromatic N) is 2. The molecule has 0 radical (unpaired) electrons. The highest BCUT2D eigenvalue weighted by Gasteiger charge is 2.18. The molecule has 1 N–H and O–H groups in total. The second kappa shape index (κ2) is 4.44. The Hall–Kier alpha value is -1.84. The van der Waals surface area contributed by atoms with E-state index >= 15 is 0 Å². The van der Waals surface area contributed by atoms with Gasteiger partial charge in [-0.15, -0.1) is 0 Å². The smallest absolute Gasteiger partial charge is 0.337 e. The number of hydrogen-bond acceptors (Lipinski definition) is 2. The van der Waals surface area contributed by atoms with Crippen LogP contribution in [0.15, 0.2) is 24.5 Å². The number of para-hydroxylation sites is 1. The minimum absolute atomic E-state index is 0.290. The number of carboxylic acid groups (broad SMARTS) is 1. The van der Waals surface area contributed by atoms with Gasteiger partial charge in [-0.05, 0) is 30.9 Å². The molecule has 3 rings (SSSR count). The summed E-state index contributed by atoms with van der Waals surface area (Å²) >= 11 is 0. The van der Waals surface area contributed by atoms with E-state index in [1.807, 2.05) is 6.07 Å². The molecule has 94 valence electrons. The van der Waals surface area contributed by atoms with Crippen LogP contribution in [0.5, 0.6) is 0 Å². The molecule has 0 amide bonds. The van der Waals surface area contributed by atoms with Gasteiger partial charge in [0.15, 0.2) is 0 Å². The van der Waals surface area contributed by atoms with Crippen LogP contribution in [0.25, 0.3) is 11.0 Å². The van der Waals surface area contributed by atoms with E-state index in [4.69, 9.17) is 5.11 Å². The van der Waals surface area contributed by atoms with Crippen molar-refractivity contribution in [3.63, 3.8) is 0 Å². The monoisotopic (exact) mass is 244 g/mol. The molecule has 0 unspecified atom stereocenters. The van der Waals surface area contributed by atoms with E-state index < -0.39 is 5.97 Å². The number of imidazole rings is 1. The quantitative estimate of drug-likeness (QED) is 0.903. The van der Waals surface area contributed by atoms with Gasteiger partial charge in [0.1, 0.15) is 5.52 Å². The molecule has 1 aromatic carbocycles. The molecule has 4 heteroatoms. The van der Waals surface area contributed by atoms with E-state index in [2.05, 4.69) is 9.55 Å². The van der Waals surface area contributed by atoms with Gasteiger partial charge in [0.05, 0.1) is 17.4 Å². The molecule has 18 heavy (non-hydrogen) atoms. The van der Waals surface area contributed by atoms with Gasteiger partial charge in [-0.25, -0.2) is 9.78 Å². The number of aromatic carboxylic acids is 1. The lowest BCUT2D eigenvalue weighted by Gasteiger charge is -2.10. The average molecular weight is 244 g/mol. The first kappa shape index (κ1) is 11.3. The maximum absolute atomic E-state index is 11.1. The number of rotatable bonds is 3. The van der Waals surface area contributed by atoms with Crippen molar-refractivity contribution in [2.45, 2.75) is 32.2 Å². The van der Waals surface area contributed by atoms with Gasteiger partial charge < -0.3 is 9.67 Å². The lowest BCUT2D eigenvalue weighted by molar-refractivity contribution is 0.0699. The third kappa shape index (κ3) is 1.88. The van der Waals surface area contributed by atoms with Crippen molar-refractivity contribution in [1.82, 2.24) is 9.55 Å². The zero-order valence-corrected chi connectivity index (χ0v) is 10.2. The van der Waals surface area contributed by atoms with Gasteiger partial charge in [0, 0.05) is 6.54 Å². The van der Waals surface area contributed by atoms with E-state index in [0.717, 1.165) is 18.0 Å². The fraction of sp³-hybridized carbons (Fsp3) is 0.429. The van der Waals surface area contributed by atoms with E-state index in [9.17, 15) is 4.79 Å². The predicted molar refractivity (Wildman–Crippen MR) is 68.7 cm³/mol. The van der Waals surface area contributed by atoms with E-state index in [1.165, 1.54) is 25.7 Å². The highest BCUT2D eigenvalue weighted by atomic mass is 16.4. The lowest BCUT2D eigenvalue weighted by Crippen LogP contribution is -2.06. The van der Waals surface area contributed by atoms with Crippen LogP contribution in [0.2, 0.25) is 0 Å². The number of benzene rings is 1. The molecule has 0 bridgehead atoms. The van der Waals surface area contributed by atoms with Crippen LogP contribution in [0.3, 0.4) is 0 Å². The molecule has 2 aromatic rings. The molecule has 0 spiro atoms. The molecule has 1 saturated carbocycles. The second-order valence-corrected chi connectivity index (χ2v) is 5.03. The summed E-state index contributed by atoms with van der Waals surface area (Å²) in [7, 11) is 0. The molecule has 1 fully saturated rings. The summed E-state index contributed by atoms with van der Waals surface area (Å²) < 4.78 is 2.10. The van der Waals surface area contributed by atoms with Crippen molar-refractivity contribution in [3.8, 4) is 0 Å². The molecule has 1 aliphatic rings. The summed E-state index contributed by atoms with van der Waals surface area (Å²) in [5, 5.41) is 9.13. The Bertz CT molecular complexity index is 582. The number of fused-ring (bicyclic) bond motifs is 1. The Balaban J connectivity index is 1.98. The van der Waals surface area contributed by atoms with Crippen molar-refractivity contribution >= 4 is 17.0 Å². The van der Waals surface area contributed by atoms with Crippen molar-refractivity contribution in [2.24, 2.45) is 5.92 Å². The SMILES string of the molecule is O=C(O)c1cccc2c1ncn2CC1CCCC1. The summed E-state index contributed by atoms with van der Waals surface area (Å²) in [5.41, 5.74) is 1.82. The molecule has 0 atom stereocenters. The average Bonchev–Trinajstić information content (AvgIpc) is 2.99. The van der Waals surface area contributed by atoms with E-state index in [-0.39, 0.29) is 5.56 Å². The molecule has 0 saturated heterocycles. The minimum Gasteiger partial charge on any atom is -0.478 e. The summed E-state index contributed by atoms with van der Waals surface area (Å²) in [5.74, 6) is -0.192. The zero-order valence-electron chi connectivity index (χ0n) is 10.2. The van der Waals surface area contributed by atoms with Crippen molar-refractivity contribution in [3.05, 3.63) is 30.1 Å². The van der Waals surface area contributed by atoms with Gasteiger partial charge in [-0.1, -0.05) is 18.9 Å². The Kier molecular flexibility index (Phi) is 2.78. The van der Waals surface area contributed by atoms with Crippen molar-refractivity contribution in [1.29, 1.82) is 0 Å². The Labute approximate surface area is 105 Å². The normalized spacial score (nSPS) is 16.4. The maximum Gasteiger partial charge on any atom is 0.337 e. The van der Waals surface area contributed by atoms with Crippen LogP contribution in [-0.2, 0) is 6.54 Å². The van der Waals surface area contributed by atoms with Crippen molar-refractivity contribution in [2.75, 3.05) is 0 Å². The molecular formula is C14H16N2O2. The third-order valence-corrected chi connectivity index (χ3v) is 3.81. The largest absolute Gasteiger partial charge is 0.478 e. The van der Waals surface area contributed by atoms with Gasteiger partial charge in [-0.3, -0.25) is 0 Å². The van der Waals surface area contributed by atoms with Gasteiger partial charge in [0.25, 0.3) is 0 Å². The molecule has 4 nitrogen and oxygen atoms in total. The summed E-state index contributed by atoms with van der Waals surface area (Å²) in [6, 6.07) is 5.35. The Morgan fingerprint density at radius 1 is 1.39 bits per heavy atom. The maximum atomic E-state index is 11.1. The number of hydrogen-bond donors (Lipinski definition) is 1. The second-order valence-electron chi connectivity index (χ2n) is 5.03. The van der Waals surface area contributed by atoms with Crippen molar-refractivity contribution < 1.29 is 9.90 Å². The van der Waals surface area contributed by atoms with Gasteiger partial charge >= 0.3 is 5.97 Å². The van der Waals surface area contributed by atoms with Crippen LogP contribution in [-0.4, -0.2) is 20.6 Å². The van der Waals surface area contributed by atoms with E-state index in [0.29, 0.717) is 5.52 Å². The van der Waals surface area contributed by atoms with E-state index in [1.54, 1.807) is 18.5 Å². The van der Waals surface area contributed by atoms with Gasteiger partial charge in [-0.2, -0.15) is 0 Å². The first-order chi connectivity index (χ1) is 8.75. The zero-order chi connectivity index (χ0) is 12.5. The molecule has 0 aliphatic heterocycles. The molecular weight excluding hydrogens is 228 g/mol. The number of carboxylic acids is 1. The number of aromatic nitrogens is 2. The van der Waals surface area contributed by atoms with Gasteiger partial charge in [0.2, 0.25) is 0 Å². The fourth-order valence-corrected chi connectivity index (χ4v) is 2.88. The van der Waals surface area contributed by atoms with Crippen LogP contribution in [0.1, 0.15) is 36.0 Å². The standard InChI is InChI=1S/C14H16N2O2/c17-14(18)11-6-3-7-12-13(11)15-9-16(12)8-10-4-1-2-5-10/h3,6-7,9-10H,1-2,4-5,8H2,(H,17,18). The van der Waals surface area contributed by atoms with Crippen LogP contribution in [0, 0.1) is 5.92 Å². The lowest BCUT2D eigenvalue weighted by atomic mass is 10.1. The Morgan fingerprint density at radius 2 is 2.17 bits per heavy atom. The molecule has 1 aromatic heterocycles. The summed E-state index contributed by atoms with van der Waals surface area (Å²) in [6.45, 7) is 0.958. The topological polar surface area (TPSA) is 55.1 Å². The molecule has 1 heterocycles.